The smallest absolute Gasteiger partial charge is 0.116 e. The van der Waals surface area contributed by atoms with Gasteiger partial charge < -0.3 is 10.1 Å². The summed E-state index contributed by atoms with van der Waals surface area (Å²) in [7, 11) is 0. The third-order valence-electron chi connectivity index (χ3n) is 6.14. The minimum absolute atomic E-state index is 0.381. The van der Waals surface area contributed by atoms with Gasteiger partial charge in [-0.05, 0) is 54.9 Å². The van der Waals surface area contributed by atoms with Gasteiger partial charge in [-0.1, -0.05) is 6.92 Å². The Balaban J connectivity index is 1.72. The van der Waals surface area contributed by atoms with Crippen LogP contribution in [-0.2, 0) is 6.42 Å². The van der Waals surface area contributed by atoms with Gasteiger partial charge in [0, 0.05) is 41.6 Å². The second kappa shape index (κ2) is 4.04. The first-order chi connectivity index (χ1) is 10.2. The molecule has 1 aromatic heterocycles. The summed E-state index contributed by atoms with van der Waals surface area (Å²) in [5, 5.41) is 11.1. The van der Waals surface area contributed by atoms with Crippen LogP contribution in [0.2, 0.25) is 0 Å². The minimum Gasteiger partial charge on any atom is -0.508 e. The Morgan fingerprint density at radius 3 is 3.05 bits per heavy atom. The van der Waals surface area contributed by atoms with Gasteiger partial charge in [-0.25, -0.2) is 0 Å². The highest BCUT2D eigenvalue weighted by atomic mass is 16.3. The van der Waals surface area contributed by atoms with Gasteiger partial charge in [0.25, 0.3) is 0 Å². The molecule has 2 aromatic rings. The van der Waals surface area contributed by atoms with Gasteiger partial charge in [0.1, 0.15) is 5.75 Å². The third kappa shape index (κ3) is 1.58. The van der Waals surface area contributed by atoms with Gasteiger partial charge in [0.15, 0.2) is 0 Å². The van der Waals surface area contributed by atoms with Crippen molar-refractivity contribution in [3.8, 4) is 5.75 Å². The molecule has 1 aromatic carbocycles. The summed E-state index contributed by atoms with van der Waals surface area (Å²) in [5.41, 5.74) is 4.13. The summed E-state index contributed by atoms with van der Waals surface area (Å²) in [5.74, 6) is 2.74. The maximum atomic E-state index is 9.83. The molecule has 4 heterocycles. The number of piperidine rings is 2. The van der Waals surface area contributed by atoms with E-state index in [1.165, 1.54) is 48.1 Å². The summed E-state index contributed by atoms with van der Waals surface area (Å²) in [6, 6.07) is 6.48. The minimum atomic E-state index is 0.381. The molecule has 2 N–H and O–H groups in total. The standard InChI is InChI=1S/C18H22N2O/c1-10-6-11-7-15-17-13(4-5-20(9-11)18(10)15)14-8-12(21)2-3-16(14)19-17/h2-3,8,10-11,15,18-19,21H,4-7,9H2,1H3/t10-,11-,15-,18?/m0/s1. The average molecular weight is 282 g/mol. The van der Waals surface area contributed by atoms with Gasteiger partial charge >= 0.3 is 0 Å². The molecule has 0 radical (unpaired) electrons. The molecule has 3 fully saturated rings. The highest BCUT2D eigenvalue weighted by Crippen LogP contribution is 2.50. The molecule has 0 amide bonds. The van der Waals surface area contributed by atoms with Crippen LogP contribution >= 0.6 is 0 Å². The van der Waals surface area contributed by atoms with Gasteiger partial charge in [0.05, 0.1) is 0 Å². The average Bonchev–Trinajstić information content (AvgIpc) is 2.77. The summed E-state index contributed by atoms with van der Waals surface area (Å²) in [6.45, 7) is 4.92. The Hall–Kier alpha value is -1.48. The van der Waals surface area contributed by atoms with Crippen LogP contribution < -0.4 is 0 Å². The molecule has 2 saturated heterocycles. The van der Waals surface area contributed by atoms with E-state index in [-0.39, 0.29) is 0 Å². The Bertz CT molecular complexity index is 719. The van der Waals surface area contributed by atoms with E-state index >= 15 is 0 Å². The van der Waals surface area contributed by atoms with Gasteiger partial charge in [0.2, 0.25) is 0 Å². The van der Waals surface area contributed by atoms with E-state index in [9.17, 15) is 5.11 Å². The van der Waals surface area contributed by atoms with Crippen LogP contribution in [0, 0.1) is 11.8 Å². The van der Waals surface area contributed by atoms with E-state index < -0.39 is 0 Å². The molecule has 21 heavy (non-hydrogen) atoms. The number of nitrogens with one attached hydrogen (secondary N) is 1. The van der Waals surface area contributed by atoms with Crippen LogP contribution in [0.1, 0.15) is 36.9 Å². The molecule has 6 rings (SSSR count). The van der Waals surface area contributed by atoms with Gasteiger partial charge in [-0.15, -0.1) is 0 Å². The van der Waals surface area contributed by atoms with Crippen molar-refractivity contribution in [2.24, 2.45) is 11.8 Å². The van der Waals surface area contributed by atoms with E-state index in [0.29, 0.717) is 11.7 Å². The fraction of sp³-hybridized carbons (Fsp3) is 0.556. The van der Waals surface area contributed by atoms with E-state index in [0.717, 1.165) is 24.3 Å². The van der Waals surface area contributed by atoms with Crippen LogP contribution in [0.3, 0.4) is 0 Å². The highest BCUT2D eigenvalue weighted by molar-refractivity contribution is 5.86. The summed E-state index contributed by atoms with van der Waals surface area (Å²) >= 11 is 0. The first-order valence-electron chi connectivity index (χ1n) is 8.28. The van der Waals surface area contributed by atoms with Crippen molar-refractivity contribution >= 4 is 10.9 Å². The summed E-state index contributed by atoms with van der Waals surface area (Å²) in [6.07, 6.45) is 3.87. The van der Waals surface area contributed by atoms with Crippen LogP contribution in [0.4, 0.5) is 0 Å². The number of H-pyrrole nitrogens is 1. The van der Waals surface area contributed by atoms with E-state index in [1.807, 2.05) is 12.1 Å². The number of hydrogen-bond acceptors (Lipinski definition) is 2. The quantitative estimate of drug-likeness (QED) is 0.778. The second-order valence-corrected chi connectivity index (χ2v) is 7.40. The zero-order chi connectivity index (χ0) is 14.1. The first-order valence-corrected chi connectivity index (χ1v) is 8.28. The molecular weight excluding hydrogens is 260 g/mol. The van der Waals surface area contributed by atoms with Crippen molar-refractivity contribution < 1.29 is 5.11 Å². The number of phenolic OH excluding ortho intramolecular Hbond substituents is 1. The lowest BCUT2D eigenvalue weighted by Crippen LogP contribution is -2.55. The predicted octanol–water partition coefficient (Wildman–Crippen LogP) is 3.24. The fourth-order valence-electron chi connectivity index (χ4n) is 5.50. The molecule has 3 nitrogen and oxygen atoms in total. The molecule has 3 aliphatic heterocycles. The van der Waals surface area contributed by atoms with Crippen LogP contribution in [0.25, 0.3) is 10.9 Å². The zero-order valence-electron chi connectivity index (χ0n) is 12.5. The van der Waals surface area contributed by atoms with Crippen molar-refractivity contribution in [3.05, 3.63) is 29.5 Å². The lowest BCUT2D eigenvalue weighted by molar-refractivity contribution is -0.00516. The van der Waals surface area contributed by atoms with Crippen LogP contribution in [-0.4, -0.2) is 34.1 Å². The molecule has 0 spiro atoms. The molecule has 3 heteroatoms. The summed E-state index contributed by atoms with van der Waals surface area (Å²) in [4.78, 5) is 6.45. The molecular formula is C18H22N2O. The molecule has 4 aliphatic rings. The molecule has 2 unspecified atom stereocenters. The number of phenols is 1. The zero-order valence-corrected chi connectivity index (χ0v) is 12.5. The predicted molar refractivity (Wildman–Crippen MR) is 83.7 cm³/mol. The number of benzene rings is 1. The van der Waals surface area contributed by atoms with Crippen molar-refractivity contribution in [1.29, 1.82) is 0 Å². The summed E-state index contributed by atoms with van der Waals surface area (Å²) < 4.78 is 0. The molecule has 1 aliphatic carbocycles. The highest BCUT2D eigenvalue weighted by Gasteiger charge is 2.47. The van der Waals surface area contributed by atoms with Crippen LogP contribution in [0.15, 0.2) is 18.2 Å². The number of nitrogens with zero attached hydrogens (tertiary/aromatic N) is 1. The SMILES string of the molecule is C[C@H]1C[C@H]2C[C@H]3c4[nH]c5ccc(O)cc5c4CCN(C2)C13. The Morgan fingerprint density at radius 2 is 2.19 bits per heavy atom. The molecule has 5 atom stereocenters. The lowest BCUT2D eigenvalue weighted by Gasteiger charge is -2.52. The number of fused-ring (bicyclic) bond motifs is 4. The topological polar surface area (TPSA) is 39.3 Å². The number of rotatable bonds is 0. The number of aromatic amines is 1. The van der Waals surface area contributed by atoms with Gasteiger partial charge in [-0.3, -0.25) is 4.90 Å². The molecule has 1 saturated carbocycles. The molecule has 4 bridgehead atoms. The van der Waals surface area contributed by atoms with Crippen LogP contribution in [0.5, 0.6) is 5.75 Å². The largest absolute Gasteiger partial charge is 0.508 e. The Labute approximate surface area is 125 Å². The van der Waals surface area contributed by atoms with E-state index in [1.54, 1.807) is 6.07 Å². The third-order valence-corrected chi connectivity index (χ3v) is 6.14. The Morgan fingerprint density at radius 1 is 1.29 bits per heavy atom. The second-order valence-electron chi connectivity index (χ2n) is 7.40. The number of aromatic hydroxyl groups is 1. The van der Waals surface area contributed by atoms with Crippen molar-refractivity contribution in [2.75, 3.05) is 13.1 Å². The van der Waals surface area contributed by atoms with Crippen molar-refractivity contribution in [2.45, 2.75) is 38.1 Å². The molecule has 110 valence electrons. The number of hydrogen-bond donors (Lipinski definition) is 2. The Kier molecular flexibility index (Phi) is 2.33. The van der Waals surface area contributed by atoms with Crippen molar-refractivity contribution in [3.63, 3.8) is 0 Å². The lowest BCUT2D eigenvalue weighted by atomic mass is 9.67. The van der Waals surface area contributed by atoms with E-state index in [4.69, 9.17) is 0 Å². The first kappa shape index (κ1) is 12.1. The maximum Gasteiger partial charge on any atom is 0.116 e. The van der Waals surface area contributed by atoms with Gasteiger partial charge in [-0.2, -0.15) is 0 Å². The maximum absolute atomic E-state index is 9.83. The van der Waals surface area contributed by atoms with E-state index in [2.05, 4.69) is 16.8 Å². The van der Waals surface area contributed by atoms with Crippen molar-refractivity contribution in [1.82, 2.24) is 9.88 Å². The fourth-order valence-corrected chi connectivity index (χ4v) is 5.50. The normalized spacial score (nSPS) is 37.5. The monoisotopic (exact) mass is 282 g/mol. The number of aromatic nitrogens is 1.